The van der Waals surface area contributed by atoms with E-state index < -0.39 is 5.97 Å². The Morgan fingerprint density at radius 2 is 2.43 bits per heavy atom. The first-order valence-corrected chi connectivity index (χ1v) is 4.56. The van der Waals surface area contributed by atoms with Crippen LogP contribution in [0.15, 0.2) is 12.3 Å². The molecule has 0 amide bonds. The largest absolute Gasteiger partial charge is 0.493 e. The molecule has 4 nitrogen and oxygen atoms in total. The summed E-state index contributed by atoms with van der Waals surface area (Å²) in [4.78, 5) is 14.3. The van der Waals surface area contributed by atoms with E-state index in [0.29, 0.717) is 0 Å². The minimum atomic E-state index is -0.792. The van der Waals surface area contributed by atoms with E-state index in [2.05, 4.69) is 4.98 Å². The number of aromatic nitrogens is 1. The molecule has 1 unspecified atom stereocenters. The minimum absolute atomic E-state index is 0.0268. The Kier molecular flexibility index (Phi) is 2.11. The predicted octanol–water partition coefficient (Wildman–Crippen LogP) is 1.29. The van der Waals surface area contributed by atoms with Gasteiger partial charge in [-0.25, -0.2) is 4.98 Å². The van der Waals surface area contributed by atoms with Crippen LogP contribution in [-0.2, 0) is 11.2 Å². The third-order valence-electron chi connectivity index (χ3n) is 2.63. The van der Waals surface area contributed by atoms with Crippen LogP contribution in [0.3, 0.4) is 0 Å². The maximum absolute atomic E-state index is 10.6. The van der Waals surface area contributed by atoms with Crippen LogP contribution in [0, 0.1) is 0 Å². The number of rotatable bonds is 2. The second-order valence-corrected chi connectivity index (χ2v) is 3.57. The van der Waals surface area contributed by atoms with Gasteiger partial charge in [-0.2, -0.15) is 0 Å². The predicted molar refractivity (Wildman–Crippen MR) is 49.2 cm³/mol. The topological polar surface area (TPSA) is 70.4 Å². The average molecular weight is 193 g/mol. The van der Waals surface area contributed by atoms with Crippen LogP contribution in [0.1, 0.15) is 29.9 Å². The number of pyridine rings is 1. The van der Waals surface area contributed by atoms with Crippen LogP contribution in [0.2, 0.25) is 0 Å². The fourth-order valence-electron chi connectivity index (χ4n) is 1.98. The van der Waals surface area contributed by atoms with Crippen LogP contribution < -0.4 is 0 Å². The van der Waals surface area contributed by atoms with Gasteiger partial charge in [0.15, 0.2) is 0 Å². The number of carboxylic acid groups (broad SMARTS) is 1. The van der Waals surface area contributed by atoms with Gasteiger partial charge in [0.1, 0.15) is 0 Å². The third kappa shape index (κ3) is 1.55. The molecule has 1 aliphatic rings. The molecule has 1 heterocycles. The lowest BCUT2D eigenvalue weighted by Gasteiger charge is -2.07. The molecule has 0 bridgehead atoms. The summed E-state index contributed by atoms with van der Waals surface area (Å²) in [5.74, 6) is -0.781. The molecular formula is C10H11NO3. The first-order chi connectivity index (χ1) is 6.66. The maximum Gasteiger partial charge on any atom is 0.303 e. The lowest BCUT2D eigenvalue weighted by atomic mass is 9.99. The Bertz CT molecular complexity index is 376. The standard InChI is InChI=1S/C10H11NO3/c12-9-4-8-6(3-10(13)14)1-2-7(8)5-11-9/h4-6H,1-3H2,(H,11,12)(H,13,14). The Hall–Kier alpha value is -1.58. The van der Waals surface area contributed by atoms with Crippen LogP contribution in [-0.4, -0.2) is 21.2 Å². The smallest absolute Gasteiger partial charge is 0.303 e. The molecule has 0 radical (unpaired) electrons. The van der Waals surface area contributed by atoms with E-state index in [1.54, 1.807) is 12.3 Å². The van der Waals surface area contributed by atoms with Crippen molar-refractivity contribution in [1.82, 2.24) is 4.98 Å². The molecule has 0 spiro atoms. The van der Waals surface area contributed by atoms with Crippen molar-refractivity contribution in [2.24, 2.45) is 0 Å². The fourth-order valence-corrected chi connectivity index (χ4v) is 1.98. The van der Waals surface area contributed by atoms with Crippen molar-refractivity contribution in [1.29, 1.82) is 0 Å². The summed E-state index contributed by atoms with van der Waals surface area (Å²) in [7, 11) is 0. The Morgan fingerprint density at radius 1 is 1.64 bits per heavy atom. The molecular weight excluding hydrogens is 182 g/mol. The van der Waals surface area contributed by atoms with Crippen molar-refractivity contribution >= 4 is 5.97 Å². The number of aliphatic carboxylic acids is 1. The highest BCUT2D eigenvalue weighted by atomic mass is 16.4. The van der Waals surface area contributed by atoms with Gasteiger partial charge >= 0.3 is 5.97 Å². The number of hydrogen-bond acceptors (Lipinski definition) is 3. The number of fused-ring (bicyclic) bond motifs is 1. The number of aromatic hydroxyl groups is 1. The van der Waals surface area contributed by atoms with Gasteiger partial charge in [0.2, 0.25) is 5.88 Å². The molecule has 1 atom stereocenters. The zero-order valence-corrected chi connectivity index (χ0v) is 7.60. The summed E-state index contributed by atoms with van der Waals surface area (Å²) >= 11 is 0. The molecule has 0 saturated heterocycles. The van der Waals surface area contributed by atoms with Crippen molar-refractivity contribution < 1.29 is 15.0 Å². The van der Waals surface area contributed by atoms with Crippen molar-refractivity contribution in [3.8, 4) is 5.88 Å². The van der Waals surface area contributed by atoms with E-state index in [1.165, 1.54) is 0 Å². The van der Waals surface area contributed by atoms with Crippen LogP contribution in [0.4, 0.5) is 0 Å². The quantitative estimate of drug-likeness (QED) is 0.742. The van der Waals surface area contributed by atoms with E-state index in [4.69, 9.17) is 5.11 Å². The molecule has 1 aliphatic carbocycles. The molecule has 1 aromatic heterocycles. The molecule has 0 aromatic carbocycles. The molecule has 0 aliphatic heterocycles. The number of hydrogen-bond donors (Lipinski definition) is 2. The van der Waals surface area contributed by atoms with Gasteiger partial charge in [-0.15, -0.1) is 0 Å². The van der Waals surface area contributed by atoms with Crippen molar-refractivity contribution in [2.75, 3.05) is 0 Å². The van der Waals surface area contributed by atoms with Crippen LogP contribution in [0.25, 0.3) is 0 Å². The fraction of sp³-hybridized carbons (Fsp3) is 0.400. The normalized spacial score (nSPS) is 19.3. The summed E-state index contributed by atoms with van der Waals surface area (Å²) in [6.45, 7) is 0. The second-order valence-electron chi connectivity index (χ2n) is 3.57. The highest BCUT2D eigenvalue weighted by Crippen LogP contribution is 2.36. The van der Waals surface area contributed by atoms with Crippen LogP contribution >= 0.6 is 0 Å². The van der Waals surface area contributed by atoms with E-state index in [9.17, 15) is 9.90 Å². The summed E-state index contributed by atoms with van der Waals surface area (Å²) in [6.07, 6.45) is 3.47. The summed E-state index contributed by atoms with van der Waals surface area (Å²) in [5, 5.41) is 17.9. The Morgan fingerprint density at radius 3 is 3.14 bits per heavy atom. The molecule has 1 aromatic rings. The van der Waals surface area contributed by atoms with Crippen molar-refractivity contribution in [2.45, 2.75) is 25.2 Å². The number of carboxylic acids is 1. The summed E-state index contributed by atoms with van der Waals surface area (Å²) in [5.41, 5.74) is 2.01. The monoisotopic (exact) mass is 193 g/mol. The minimum Gasteiger partial charge on any atom is -0.493 e. The number of carbonyl (C=O) groups is 1. The van der Waals surface area contributed by atoms with Gasteiger partial charge < -0.3 is 10.2 Å². The second kappa shape index (κ2) is 3.29. The number of nitrogens with zero attached hydrogens (tertiary/aromatic N) is 1. The zero-order valence-electron chi connectivity index (χ0n) is 7.60. The molecule has 14 heavy (non-hydrogen) atoms. The van der Waals surface area contributed by atoms with Gasteiger partial charge in [0, 0.05) is 12.3 Å². The molecule has 74 valence electrons. The van der Waals surface area contributed by atoms with E-state index in [0.717, 1.165) is 24.0 Å². The van der Waals surface area contributed by atoms with Crippen molar-refractivity contribution in [3.05, 3.63) is 23.4 Å². The first-order valence-electron chi connectivity index (χ1n) is 4.56. The zero-order chi connectivity index (χ0) is 10.1. The Labute approximate surface area is 81.2 Å². The highest BCUT2D eigenvalue weighted by molar-refractivity contribution is 5.68. The maximum atomic E-state index is 10.6. The summed E-state index contributed by atoms with van der Waals surface area (Å²) < 4.78 is 0. The highest BCUT2D eigenvalue weighted by Gasteiger charge is 2.25. The average Bonchev–Trinajstić information content (AvgIpc) is 2.47. The molecule has 4 heteroatoms. The molecule has 2 N–H and O–H groups in total. The van der Waals surface area contributed by atoms with Gasteiger partial charge in [-0.05, 0) is 29.9 Å². The van der Waals surface area contributed by atoms with Crippen LogP contribution in [0.5, 0.6) is 5.88 Å². The van der Waals surface area contributed by atoms with E-state index in [-0.39, 0.29) is 18.2 Å². The van der Waals surface area contributed by atoms with Crippen molar-refractivity contribution in [3.63, 3.8) is 0 Å². The lowest BCUT2D eigenvalue weighted by Crippen LogP contribution is -2.03. The van der Waals surface area contributed by atoms with Gasteiger partial charge in [0.05, 0.1) is 6.42 Å². The van der Waals surface area contributed by atoms with Gasteiger partial charge in [-0.3, -0.25) is 4.79 Å². The molecule has 0 saturated carbocycles. The third-order valence-corrected chi connectivity index (χ3v) is 2.63. The SMILES string of the molecule is O=C(O)CC1CCc2cnc(O)cc21. The summed E-state index contributed by atoms with van der Waals surface area (Å²) in [6, 6.07) is 1.58. The van der Waals surface area contributed by atoms with Gasteiger partial charge in [-0.1, -0.05) is 0 Å². The van der Waals surface area contributed by atoms with E-state index >= 15 is 0 Å². The van der Waals surface area contributed by atoms with Gasteiger partial charge in [0.25, 0.3) is 0 Å². The first kappa shape index (κ1) is 8.99. The number of aryl methyl sites for hydroxylation is 1. The molecule has 0 fully saturated rings. The Balaban J connectivity index is 2.28. The van der Waals surface area contributed by atoms with E-state index in [1.807, 2.05) is 0 Å². The molecule has 2 rings (SSSR count). The lowest BCUT2D eigenvalue weighted by molar-refractivity contribution is -0.137.